The average molecular weight is 358 g/mol. The van der Waals surface area contributed by atoms with Crippen molar-refractivity contribution in [3.05, 3.63) is 63.9 Å². The molecule has 0 saturated carbocycles. The van der Waals surface area contributed by atoms with E-state index in [1.54, 1.807) is 37.3 Å². The number of thioether (sulfide) groups is 1. The van der Waals surface area contributed by atoms with Gasteiger partial charge < -0.3 is 5.32 Å². The van der Waals surface area contributed by atoms with Crippen LogP contribution >= 0.6 is 35.0 Å². The highest BCUT2D eigenvalue weighted by Gasteiger charge is 2.16. The van der Waals surface area contributed by atoms with E-state index >= 15 is 0 Å². The van der Waals surface area contributed by atoms with Crippen LogP contribution in [0.1, 0.15) is 12.5 Å². The number of hydrogen-bond donors (Lipinski definition) is 1. The topological polar surface area (TPSA) is 29.1 Å². The van der Waals surface area contributed by atoms with Gasteiger partial charge in [-0.2, -0.15) is 0 Å². The molecule has 0 fully saturated rings. The number of amides is 1. The van der Waals surface area contributed by atoms with Crippen molar-refractivity contribution in [3.8, 4) is 0 Å². The Bertz CT molecular complexity index is 661. The molecule has 0 radical (unpaired) electrons. The zero-order valence-corrected chi connectivity index (χ0v) is 14.1. The van der Waals surface area contributed by atoms with E-state index < -0.39 is 5.82 Å². The number of rotatable bonds is 5. The van der Waals surface area contributed by atoms with E-state index in [-0.39, 0.29) is 16.8 Å². The van der Waals surface area contributed by atoms with Crippen LogP contribution in [0, 0.1) is 5.82 Å². The van der Waals surface area contributed by atoms with Gasteiger partial charge in [0.1, 0.15) is 5.82 Å². The monoisotopic (exact) mass is 357 g/mol. The molecule has 6 heteroatoms. The lowest BCUT2D eigenvalue weighted by molar-refractivity contribution is -0.115. The molecule has 0 aliphatic carbocycles. The van der Waals surface area contributed by atoms with Crippen molar-refractivity contribution < 1.29 is 9.18 Å². The third-order valence-corrected chi connectivity index (χ3v) is 4.92. The number of anilines is 1. The van der Waals surface area contributed by atoms with Crippen molar-refractivity contribution in [2.45, 2.75) is 17.9 Å². The van der Waals surface area contributed by atoms with E-state index in [0.29, 0.717) is 15.8 Å². The maximum Gasteiger partial charge on any atom is 0.237 e. The summed E-state index contributed by atoms with van der Waals surface area (Å²) >= 11 is 13.6. The lowest BCUT2D eigenvalue weighted by Gasteiger charge is -2.13. The predicted octanol–water partition coefficient (Wildman–Crippen LogP) is 5.39. The van der Waals surface area contributed by atoms with Gasteiger partial charge in [0.2, 0.25) is 5.91 Å². The Kier molecular flexibility index (Phi) is 6.12. The normalized spacial score (nSPS) is 12.0. The number of hydrogen-bond acceptors (Lipinski definition) is 2. The lowest BCUT2D eigenvalue weighted by atomic mass is 10.2. The molecule has 0 heterocycles. The molecule has 22 heavy (non-hydrogen) atoms. The van der Waals surface area contributed by atoms with Crippen LogP contribution in [0.5, 0.6) is 0 Å². The number of carbonyl (C=O) groups excluding carboxylic acids is 1. The molecule has 116 valence electrons. The fourth-order valence-corrected chi connectivity index (χ4v) is 3.38. The van der Waals surface area contributed by atoms with Gasteiger partial charge >= 0.3 is 0 Å². The molecule has 0 aliphatic rings. The maximum atomic E-state index is 13.5. The van der Waals surface area contributed by atoms with Gasteiger partial charge in [-0.1, -0.05) is 41.4 Å². The molecule has 0 spiro atoms. The standard InChI is InChI=1S/C16H14Cl2FNOS/c1-10(16(21)20-15-8-3-2-7-14(15)19)22-9-11-12(17)5-4-6-13(11)18/h2-8,10H,9H2,1H3,(H,20,21)/t10-/m1/s1. The van der Waals surface area contributed by atoms with Crippen molar-refractivity contribution in [1.82, 2.24) is 0 Å². The maximum absolute atomic E-state index is 13.5. The molecular formula is C16H14Cl2FNOS. The van der Waals surface area contributed by atoms with Gasteiger partial charge in [0.05, 0.1) is 10.9 Å². The molecule has 1 atom stereocenters. The van der Waals surface area contributed by atoms with Gasteiger partial charge in [-0.05, 0) is 36.8 Å². The van der Waals surface area contributed by atoms with Crippen LogP contribution in [0.2, 0.25) is 10.0 Å². The van der Waals surface area contributed by atoms with E-state index in [9.17, 15) is 9.18 Å². The number of nitrogens with one attached hydrogen (secondary N) is 1. The van der Waals surface area contributed by atoms with Crippen molar-refractivity contribution in [1.29, 1.82) is 0 Å². The zero-order valence-electron chi connectivity index (χ0n) is 11.8. The third-order valence-electron chi connectivity index (χ3n) is 3.04. The summed E-state index contributed by atoms with van der Waals surface area (Å²) in [7, 11) is 0. The SMILES string of the molecule is C[C@@H](SCc1c(Cl)cccc1Cl)C(=O)Nc1ccccc1F. The fourth-order valence-electron chi connectivity index (χ4n) is 1.75. The molecule has 2 nitrogen and oxygen atoms in total. The van der Waals surface area contributed by atoms with Crippen LogP contribution in [-0.4, -0.2) is 11.2 Å². The first-order chi connectivity index (χ1) is 10.5. The van der Waals surface area contributed by atoms with Crippen LogP contribution < -0.4 is 5.32 Å². The Balaban J connectivity index is 1.96. The molecule has 1 amide bonds. The molecule has 0 bridgehead atoms. The van der Waals surface area contributed by atoms with Gasteiger partial charge in [-0.3, -0.25) is 4.79 Å². The highest BCUT2D eigenvalue weighted by Crippen LogP contribution is 2.30. The van der Waals surface area contributed by atoms with Crippen LogP contribution in [0.4, 0.5) is 10.1 Å². The zero-order chi connectivity index (χ0) is 16.1. The van der Waals surface area contributed by atoms with Crippen LogP contribution in [0.15, 0.2) is 42.5 Å². The first-order valence-electron chi connectivity index (χ1n) is 6.59. The molecule has 0 saturated heterocycles. The van der Waals surface area contributed by atoms with E-state index in [4.69, 9.17) is 23.2 Å². The highest BCUT2D eigenvalue weighted by molar-refractivity contribution is 7.99. The van der Waals surface area contributed by atoms with Gasteiger partial charge in [0.25, 0.3) is 0 Å². The molecular weight excluding hydrogens is 344 g/mol. The molecule has 0 aromatic heterocycles. The van der Waals surface area contributed by atoms with Crippen LogP contribution in [0.3, 0.4) is 0 Å². The average Bonchev–Trinajstić information content (AvgIpc) is 2.48. The summed E-state index contributed by atoms with van der Waals surface area (Å²) in [5.74, 6) is -0.217. The lowest BCUT2D eigenvalue weighted by Crippen LogP contribution is -2.23. The Labute approximate surface area is 143 Å². The summed E-state index contributed by atoms with van der Waals surface area (Å²) in [4.78, 5) is 12.1. The summed E-state index contributed by atoms with van der Waals surface area (Å²) in [5.41, 5.74) is 0.970. The number of benzene rings is 2. The molecule has 2 rings (SSSR count). The Hall–Kier alpha value is -1.23. The Morgan fingerprint density at radius 3 is 2.45 bits per heavy atom. The molecule has 1 N–H and O–H groups in total. The summed E-state index contributed by atoms with van der Waals surface area (Å²) in [6.07, 6.45) is 0. The van der Waals surface area contributed by atoms with Crippen molar-refractivity contribution >= 4 is 46.6 Å². The minimum atomic E-state index is -0.456. The molecule has 2 aromatic rings. The Morgan fingerprint density at radius 1 is 1.18 bits per heavy atom. The minimum Gasteiger partial charge on any atom is -0.323 e. The van der Waals surface area contributed by atoms with Gasteiger partial charge in [0.15, 0.2) is 0 Å². The quantitative estimate of drug-likeness (QED) is 0.776. The summed E-state index contributed by atoms with van der Waals surface area (Å²) < 4.78 is 13.5. The summed E-state index contributed by atoms with van der Waals surface area (Å²) in [6.45, 7) is 1.76. The molecule has 0 aliphatic heterocycles. The first kappa shape index (κ1) is 17.1. The molecule has 2 aromatic carbocycles. The van der Waals surface area contributed by atoms with Crippen LogP contribution in [-0.2, 0) is 10.5 Å². The van der Waals surface area contributed by atoms with Crippen molar-refractivity contribution in [2.75, 3.05) is 5.32 Å². The smallest absolute Gasteiger partial charge is 0.237 e. The second-order valence-corrected chi connectivity index (χ2v) is 6.77. The summed E-state index contributed by atoms with van der Waals surface area (Å²) in [6, 6.07) is 11.4. The first-order valence-corrected chi connectivity index (χ1v) is 8.39. The van der Waals surface area contributed by atoms with Crippen molar-refractivity contribution in [3.63, 3.8) is 0 Å². The molecule has 0 unspecified atom stereocenters. The van der Waals surface area contributed by atoms with Crippen molar-refractivity contribution in [2.24, 2.45) is 0 Å². The second-order valence-electron chi connectivity index (χ2n) is 4.62. The fraction of sp³-hybridized carbons (Fsp3) is 0.188. The predicted molar refractivity (Wildman–Crippen MR) is 92.2 cm³/mol. The minimum absolute atomic E-state index is 0.177. The van der Waals surface area contributed by atoms with E-state index in [0.717, 1.165) is 5.56 Å². The van der Waals surface area contributed by atoms with Crippen LogP contribution in [0.25, 0.3) is 0 Å². The Morgan fingerprint density at radius 2 is 1.82 bits per heavy atom. The van der Waals surface area contributed by atoms with Gasteiger partial charge in [0, 0.05) is 15.8 Å². The van der Waals surface area contributed by atoms with Gasteiger partial charge in [-0.25, -0.2) is 4.39 Å². The third kappa shape index (κ3) is 4.38. The number of para-hydroxylation sites is 1. The number of carbonyl (C=O) groups is 1. The van der Waals surface area contributed by atoms with E-state index in [1.165, 1.54) is 23.9 Å². The number of halogens is 3. The second kappa shape index (κ2) is 7.86. The van der Waals surface area contributed by atoms with Gasteiger partial charge in [-0.15, -0.1) is 11.8 Å². The van der Waals surface area contributed by atoms with E-state index in [2.05, 4.69) is 5.32 Å². The van der Waals surface area contributed by atoms with E-state index in [1.807, 2.05) is 0 Å². The summed E-state index contributed by atoms with van der Waals surface area (Å²) in [5, 5.41) is 3.35. The highest BCUT2D eigenvalue weighted by atomic mass is 35.5. The largest absolute Gasteiger partial charge is 0.323 e.